The number of hydrogen-bond donors (Lipinski definition) is 0. The molecule has 1 aromatic rings. The summed E-state index contributed by atoms with van der Waals surface area (Å²) in [4.78, 5) is 10.4. The van der Waals surface area contributed by atoms with Crippen molar-refractivity contribution in [2.24, 2.45) is 4.99 Å². The topological polar surface area (TPSA) is 38.1 Å². The first kappa shape index (κ1) is 17.0. The Balaban J connectivity index is 0.00000154. The predicted molar refractivity (Wildman–Crippen MR) is 70.2 cm³/mol. The Bertz CT molecular complexity index is 445. The van der Waals surface area contributed by atoms with Gasteiger partial charge >= 0.3 is 6.18 Å². The van der Waals surface area contributed by atoms with E-state index in [1.54, 1.807) is 12.2 Å². The number of hydrogen-bond acceptors (Lipinski definition) is 3. The van der Waals surface area contributed by atoms with E-state index in [2.05, 4.69) is 21.5 Å². The number of alkyl halides is 3. The molecular weight excluding hydrogens is 255 g/mol. The molecule has 1 aromatic heterocycles. The minimum Gasteiger partial charge on any atom is -0.288 e. The Morgan fingerprint density at radius 2 is 1.79 bits per heavy atom. The molecular formula is C13H16F3N3. The Labute approximate surface area is 110 Å². The first-order valence-corrected chi connectivity index (χ1v) is 5.64. The van der Waals surface area contributed by atoms with Gasteiger partial charge in [0.1, 0.15) is 0 Å². The lowest BCUT2D eigenvalue weighted by molar-refractivity contribution is -0.145. The molecule has 0 amide bonds. The third-order valence-corrected chi connectivity index (χ3v) is 1.83. The fraction of sp³-hybridized carbons (Fsp3) is 0.308. The van der Waals surface area contributed by atoms with Crippen molar-refractivity contribution < 1.29 is 13.2 Å². The summed E-state index contributed by atoms with van der Waals surface area (Å²) in [5.74, 6) is -1.16. The predicted octanol–water partition coefficient (Wildman–Crippen LogP) is 3.68. The number of aliphatic imine (C=N–C) groups is 1. The molecule has 1 rings (SSSR count). The van der Waals surface area contributed by atoms with Gasteiger partial charge in [-0.05, 0) is 6.08 Å². The van der Waals surface area contributed by atoms with Crippen molar-refractivity contribution in [1.29, 1.82) is 0 Å². The molecule has 6 heteroatoms. The van der Waals surface area contributed by atoms with Crippen LogP contribution in [-0.2, 0) is 6.18 Å². The minimum absolute atomic E-state index is 0.415. The van der Waals surface area contributed by atoms with Crippen molar-refractivity contribution in [3.63, 3.8) is 0 Å². The first-order chi connectivity index (χ1) is 8.99. The molecule has 0 saturated heterocycles. The van der Waals surface area contributed by atoms with Crippen molar-refractivity contribution in [3.05, 3.63) is 48.6 Å². The van der Waals surface area contributed by atoms with E-state index >= 15 is 0 Å². The van der Waals surface area contributed by atoms with Gasteiger partial charge in [0.05, 0.1) is 5.71 Å². The lowest BCUT2D eigenvalue weighted by atomic mass is 10.2. The largest absolute Gasteiger partial charge is 0.451 e. The number of allylic oxidation sites excluding steroid dienone is 3. The average Bonchev–Trinajstić information content (AvgIpc) is 2.41. The lowest BCUT2D eigenvalue weighted by Crippen LogP contribution is -2.12. The van der Waals surface area contributed by atoms with Gasteiger partial charge in [0.2, 0.25) is 5.82 Å². The van der Waals surface area contributed by atoms with Gasteiger partial charge in [-0.3, -0.25) is 4.99 Å². The molecule has 0 atom stereocenters. The van der Waals surface area contributed by atoms with Crippen LogP contribution >= 0.6 is 0 Å². The molecule has 0 bridgehead atoms. The molecule has 0 N–H and O–H groups in total. The summed E-state index contributed by atoms with van der Waals surface area (Å²) >= 11 is 0. The molecule has 3 nitrogen and oxygen atoms in total. The summed E-state index contributed by atoms with van der Waals surface area (Å²) in [6.45, 7) is 7.49. The third kappa shape index (κ3) is 5.46. The monoisotopic (exact) mass is 271 g/mol. The van der Waals surface area contributed by atoms with E-state index in [1.807, 2.05) is 13.8 Å². The first-order valence-electron chi connectivity index (χ1n) is 5.64. The van der Waals surface area contributed by atoms with Crippen LogP contribution in [0.15, 0.2) is 42.2 Å². The Morgan fingerprint density at radius 3 is 2.16 bits per heavy atom. The van der Waals surface area contributed by atoms with Crippen LogP contribution in [0.2, 0.25) is 0 Å². The maximum atomic E-state index is 12.2. The summed E-state index contributed by atoms with van der Waals surface area (Å²) in [6.07, 6.45) is 2.42. The van der Waals surface area contributed by atoms with Gasteiger partial charge in [0.15, 0.2) is 0 Å². The van der Waals surface area contributed by atoms with Crippen molar-refractivity contribution in [2.45, 2.75) is 20.0 Å². The highest BCUT2D eigenvalue weighted by Gasteiger charge is 2.34. The van der Waals surface area contributed by atoms with E-state index in [0.717, 1.165) is 12.4 Å². The highest BCUT2D eigenvalue weighted by atomic mass is 19.4. The summed E-state index contributed by atoms with van der Waals surface area (Å²) in [6, 6.07) is 0. The second-order valence-electron chi connectivity index (χ2n) is 3.00. The quantitative estimate of drug-likeness (QED) is 0.621. The van der Waals surface area contributed by atoms with Crippen LogP contribution in [0.1, 0.15) is 25.2 Å². The van der Waals surface area contributed by atoms with Gasteiger partial charge in [-0.25, -0.2) is 9.97 Å². The van der Waals surface area contributed by atoms with E-state index in [4.69, 9.17) is 0 Å². The van der Waals surface area contributed by atoms with Crippen LogP contribution in [0.3, 0.4) is 0 Å². The standard InChI is InChI=1S/C11H10F3N3.C2H6/c1-3-4-5-9(15-2)8-6-16-10(17-7-8)11(12,13)14;1-2/h3-7H,1H2,2H3;1-2H3/b5-4-,15-9?;. The van der Waals surface area contributed by atoms with Crippen molar-refractivity contribution in [2.75, 3.05) is 7.05 Å². The fourth-order valence-corrected chi connectivity index (χ4v) is 1.07. The molecule has 0 aliphatic heterocycles. The lowest BCUT2D eigenvalue weighted by Gasteiger charge is -2.05. The van der Waals surface area contributed by atoms with Crippen LogP contribution in [0.25, 0.3) is 0 Å². The molecule has 0 aliphatic rings. The fourth-order valence-electron chi connectivity index (χ4n) is 1.07. The molecule has 0 saturated carbocycles. The zero-order valence-electron chi connectivity index (χ0n) is 11.1. The highest BCUT2D eigenvalue weighted by Crippen LogP contribution is 2.25. The number of aromatic nitrogens is 2. The second-order valence-corrected chi connectivity index (χ2v) is 3.00. The summed E-state index contributed by atoms with van der Waals surface area (Å²) in [5, 5.41) is 0. The molecule has 0 aliphatic carbocycles. The van der Waals surface area contributed by atoms with E-state index in [1.165, 1.54) is 13.1 Å². The molecule has 0 spiro atoms. The van der Waals surface area contributed by atoms with Crippen LogP contribution in [0.5, 0.6) is 0 Å². The number of halogens is 3. The SMILES string of the molecule is C=C/C=C\C(=NC)c1cnc(C(F)(F)F)nc1.CC. The van der Waals surface area contributed by atoms with Gasteiger partial charge in [0, 0.05) is 25.0 Å². The van der Waals surface area contributed by atoms with E-state index in [0.29, 0.717) is 11.3 Å². The summed E-state index contributed by atoms with van der Waals surface area (Å²) in [5.41, 5.74) is 0.900. The Morgan fingerprint density at radius 1 is 1.26 bits per heavy atom. The van der Waals surface area contributed by atoms with E-state index in [-0.39, 0.29) is 0 Å². The Hall–Kier alpha value is -1.98. The minimum atomic E-state index is -4.53. The number of nitrogens with zero attached hydrogens (tertiary/aromatic N) is 3. The summed E-state index contributed by atoms with van der Waals surface area (Å²) in [7, 11) is 1.53. The smallest absolute Gasteiger partial charge is 0.288 e. The van der Waals surface area contributed by atoms with Crippen molar-refractivity contribution >= 4 is 5.71 Å². The van der Waals surface area contributed by atoms with Crippen molar-refractivity contribution in [1.82, 2.24) is 9.97 Å². The average molecular weight is 271 g/mol. The van der Waals surface area contributed by atoms with Gasteiger partial charge in [-0.1, -0.05) is 32.6 Å². The van der Waals surface area contributed by atoms with Gasteiger partial charge in [0.25, 0.3) is 0 Å². The van der Waals surface area contributed by atoms with Gasteiger partial charge < -0.3 is 0 Å². The zero-order valence-corrected chi connectivity index (χ0v) is 11.1. The molecule has 0 aromatic carbocycles. The molecule has 104 valence electrons. The molecule has 1 heterocycles. The Kier molecular flexibility index (Phi) is 7.33. The maximum Gasteiger partial charge on any atom is 0.451 e. The normalized spacial score (nSPS) is 12.0. The number of rotatable bonds is 3. The third-order valence-electron chi connectivity index (χ3n) is 1.83. The molecule has 19 heavy (non-hydrogen) atoms. The maximum absolute atomic E-state index is 12.2. The van der Waals surface area contributed by atoms with Crippen LogP contribution in [0.4, 0.5) is 13.2 Å². The molecule has 0 fully saturated rings. The molecule has 0 unspecified atom stereocenters. The highest BCUT2D eigenvalue weighted by molar-refractivity contribution is 6.08. The van der Waals surface area contributed by atoms with E-state index in [9.17, 15) is 13.2 Å². The van der Waals surface area contributed by atoms with Crippen LogP contribution in [0, 0.1) is 0 Å². The van der Waals surface area contributed by atoms with Gasteiger partial charge in [-0.2, -0.15) is 13.2 Å². The second kappa shape index (κ2) is 8.18. The molecule has 0 radical (unpaired) electrons. The van der Waals surface area contributed by atoms with E-state index < -0.39 is 12.0 Å². The van der Waals surface area contributed by atoms with Crippen molar-refractivity contribution in [3.8, 4) is 0 Å². The van der Waals surface area contributed by atoms with Crippen LogP contribution < -0.4 is 0 Å². The summed E-state index contributed by atoms with van der Waals surface area (Å²) < 4.78 is 36.7. The van der Waals surface area contributed by atoms with Crippen LogP contribution in [-0.4, -0.2) is 22.7 Å². The van der Waals surface area contributed by atoms with Gasteiger partial charge in [-0.15, -0.1) is 0 Å². The zero-order chi connectivity index (χ0) is 14.9.